The number of rotatable bonds is 3. The number of morpholine rings is 1. The van der Waals surface area contributed by atoms with E-state index in [4.69, 9.17) is 10.5 Å². The van der Waals surface area contributed by atoms with E-state index in [1.54, 1.807) is 0 Å². The van der Waals surface area contributed by atoms with Gasteiger partial charge in [0.15, 0.2) is 0 Å². The summed E-state index contributed by atoms with van der Waals surface area (Å²) in [5.74, 6) is 0.0199. The predicted molar refractivity (Wildman–Crippen MR) is 74.7 cm³/mol. The first-order valence-electron chi connectivity index (χ1n) is 6.79. The molecule has 1 aromatic rings. The minimum absolute atomic E-state index is 0.0199. The number of hydrogen-bond acceptors (Lipinski definition) is 3. The van der Waals surface area contributed by atoms with Crippen LogP contribution in [0.1, 0.15) is 19.4 Å². The molecule has 0 aromatic heterocycles. The second-order valence-corrected chi connectivity index (χ2v) is 5.28. The fourth-order valence-electron chi connectivity index (χ4n) is 2.38. The summed E-state index contributed by atoms with van der Waals surface area (Å²) in [6.07, 6.45) is 0.669. The Morgan fingerprint density at radius 2 is 2.11 bits per heavy atom. The van der Waals surface area contributed by atoms with E-state index < -0.39 is 6.04 Å². The third-order valence-electron chi connectivity index (χ3n) is 3.51. The summed E-state index contributed by atoms with van der Waals surface area (Å²) in [5, 5.41) is 0. The van der Waals surface area contributed by atoms with Crippen molar-refractivity contribution >= 4 is 5.91 Å². The van der Waals surface area contributed by atoms with Crippen LogP contribution in [0.3, 0.4) is 0 Å². The zero-order valence-electron chi connectivity index (χ0n) is 11.6. The molecule has 1 amide bonds. The van der Waals surface area contributed by atoms with Gasteiger partial charge in [0.05, 0.1) is 24.8 Å². The third-order valence-corrected chi connectivity index (χ3v) is 3.51. The highest BCUT2D eigenvalue weighted by Crippen LogP contribution is 2.13. The first kappa shape index (κ1) is 14.0. The van der Waals surface area contributed by atoms with E-state index >= 15 is 0 Å². The van der Waals surface area contributed by atoms with Gasteiger partial charge in [-0.15, -0.1) is 0 Å². The number of ether oxygens (including phenoxy) is 1. The van der Waals surface area contributed by atoms with Crippen LogP contribution in [0.25, 0.3) is 0 Å². The van der Waals surface area contributed by atoms with Crippen LogP contribution in [-0.2, 0) is 16.0 Å². The minimum Gasteiger partial charge on any atom is -0.375 e. The third kappa shape index (κ3) is 3.55. The van der Waals surface area contributed by atoms with Gasteiger partial charge in [-0.2, -0.15) is 0 Å². The summed E-state index contributed by atoms with van der Waals surface area (Å²) in [4.78, 5) is 14.3. The first-order chi connectivity index (χ1) is 9.08. The van der Waals surface area contributed by atoms with E-state index in [0.29, 0.717) is 19.6 Å². The molecule has 2 unspecified atom stereocenters. The molecule has 1 aliphatic rings. The summed E-state index contributed by atoms with van der Waals surface area (Å²) in [6.45, 7) is 5.20. The topological polar surface area (TPSA) is 55.6 Å². The number of carbonyl (C=O) groups is 1. The highest BCUT2D eigenvalue weighted by Gasteiger charge is 2.30. The second-order valence-electron chi connectivity index (χ2n) is 5.28. The number of nitrogens with two attached hydrogens (primary N) is 1. The van der Waals surface area contributed by atoms with Crippen LogP contribution in [0, 0.1) is 0 Å². The Bertz CT molecular complexity index is 421. The molecule has 2 N–H and O–H groups in total. The fourth-order valence-corrected chi connectivity index (χ4v) is 2.38. The van der Waals surface area contributed by atoms with Crippen molar-refractivity contribution in [3.63, 3.8) is 0 Å². The summed E-state index contributed by atoms with van der Waals surface area (Å²) >= 11 is 0. The van der Waals surface area contributed by atoms with Crippen LogP contribution in [-0.4, -0.2) is 42.1 Å². The molecule has 104 valence electrons. The second kappa shape index (κ2) is 6.17. The van der Waals surface area contributed by atoms with E-state index in [2.05, 4.69) is 0 Å². The molecule has 0 spiro atoms. The van der Waals surface area contributed by atoms with Crippen LogP contribution in [0.5, 0.6) is 0 Å². The Balaban J connectivity index is 1.98. The number of nitrogens with zero attached hydrogens (tertiary/aromatic N) is 1. The normalized spacial score (nSPS) is 25.1. The van der Waals surface area contributed by atoms with E-state index in [1.807, 2.05) is 49.1 Å². The molecule has 1 aromatic carbocycles. The predicted octanol–water partition coefficient (Wildman–Crippen LogP) is 1.19. The smallest absolute Gasteiger partial charge is 0.240 e. The van der Waals surface area contributed by atoms with Gasteiger partial charge in [0.2, 0.25) is 5.91 Å². The van der Waals surface area contributed by atoms with Gasteiger partial charge in [0.1, 0.15) is 0 Å². The molecule has 2 rings (SSSR count). The number of carbonyl (C=O) groups excluding carboxylic acids is 1. The first-order valence-corrected chi connectivity index (χ1v) is 6.79. The zero-order valence-corrected chi connectivity index (χ0v) is 11.6. The maximum Gasteiger partial charge on any atom is 0.240 e. The van der Waals surface area contributed by atoms with E-state index in [9.17, 15) is 4.79 Å². The molecular formula is C15H22N2O2. The van der Waals surface area contributed by atoms with Gasteiger partial charge in [0.25, 0.3) is 0 Å². The highest BCUT2D eigenvalue weighted by molar-refractivity contribution is 5.82. The van der Waals surface area contributed by atoms with Crippen molar-refractivity contribution < 1.29 is 9.53 Å². The molecule has 1 heterocycles. The van der Waals surface area contributed by atoms with Crippen molar-refractivity contribution in [2.45, 2.75) is 38.5 Å². The van der Waals surface area contributed by atoms with Crippen molar-refractivity contribution in [3.8, 4) is 0 Å². The van der Waals surface area contributed by atoms with Crippen LogP contribution >= 0.6 is 0 Å². The maximum absolute atomic E-state index is 12.4. The molecule has 1 saturated heterocycles. The molecule has 0 radical (unpaired) electrons. The lowest BCUT2D eigenvalue weighted by molar-refractivity contribution is -0.144. The largest absolute Gasteiger partial charge is 0.375 e. The van der Waals surface area contributed by atoms with Crippen LogP contribution in [0.2, 0.25) is 0 Å². The Morgan fingerprint density at radius 3 is 2.79 bits per heavy atom. The number of amides is 1. The molecule has 4 heteroatoms. The van der Waals surface area contributed by atoms with Gasteiger partial charge < -0.3 is 15.4 Å². The van der Waals surface area contributed by atoms with Crippen molar-refractivity contribution in [1.29, 1.82) is 0 Å². The highest BCUT2D eigenvalue weighted by atomic mass is 16.5. The average Bonchev–Trinajstić information content (AvgIpc) is 2.42. The molecule has 0 bridgehead atoms. The number of hydrogen-bond donors (Lipinski definition) is 1. The standard InChI is InChI=1S/C15H22N2O2/c1-11-10-19-12(2)9-17(11)15(18)14(16)8-13-6-4-3-5-7-13/h3-7,11-12,14H,8-10,16H2,1-2H3/t11?,12?,14-/m1/s1. The SMILES string of the molecule is CC1CN(C(=O)[C@H](N)Cc2ccccc2)C(C)CO1. The molecule has 0 aliphatic carbocycles. The lowest BCUT2D eigenvalue weighted by atomic mass is 10.0. The Labute approximate surface area is 114 Å². The molecule has 0 saturated carbocycles. The maximum atomic E-state index is 12.4. The summed E-state index contributed by atoms with van der Waals surface area (Å²) in [7, 11) is 0. The van der Waals surface area contributed by atoms with Gasteiger partial charge in [0, 0.05) is 6.54 Å². The molecule has 3 atom stereocenters. The summed E-state index contributed by atoms with van der Waals surface area (Å²) in [6, 6.07) is 9.51. The van der Waals surface area contributed by atoms with Crippen LogP contribution in [0.4, 0.5) is 0 Å². The lowest BCUT2D eigenvalue weighted by Crippen LogP contribution is -2.55. The van der Waals surface area contributed by atoms with Gasteiger partial charge in [-0.25, -0.2) is 0 Å². The van der Waals surface area contributed by atoms with Crippen molar-refractivity contribution in [2.75, 3.05) is 13.2 Å². The van der Waals surface area contributed by atoms with Gasteiger partial charge >= 0.3 is 0 Å². The van der Waals surface area contributed by atoms with Crippen LogP contribution in [0.15, 0.2) is 30.3 Å². The van der Waals surface area contributed by atoms with E-state index in [1.165, 1.54) is 0 Å². The zero-order chi connectivity index (χ0) is 13.8. The Hall–Kier alpha value is -1.39. The number of benzene rings is 1. The van der Waals surface area contributed by atoms with Crippen molar-refractivity contribution in [3.05, 3.63) is 35.9 Å². The Morgan fingerprint density at radius 1 is 1.42 bits per heavy atom. The lowest BCUT2D eigenvalue weighted by Gasteiger charge is -2.38. The van der Waals surface area contributed by atoms with Gasteiger partial charge in [-0.3, -0.25) is 4.79 Å². The van der Waals surface area contributed by atoms with E-state index in [0.717, 1.165) is 5.56 Å². The van der Waals surface area contributed by atoms with E-state index in [-0.39, 0.29) is 18.1 Å². The quantitative estimate of drug-likeness (QED) is 0.890. The summed E-state index contributed by atoms with van der Waals surface area (Å²) < 4.78 is 5.53. The monoisotopic (exact) mass is 262 g/mol. The molecule has 1 aliphatic heterocycles. The average molecular weight is 262 g/mol. The van der Waals surface area contributed by atoms with Gasteiger partial charge in [-0.1, -0.05) is 30.3 Å². The van der Waals surface area contributed by atoms with Gasteiger partial charge in [-0.05, 0) is 25.8 Å². The minimum atomic E-state index is -0.477. The van der Waals surface area contributed by atoms with Crippen molar-refractivity contribution in [1.82, 2.24) is 4.90 Å². The van der Waals surface area contributed by atoms with Crippen molar-refractivity contribution in [2.24, 2.45) is 5.73 Å². The summed E-state index contributed by atoms with van der Waals surface area (Å²) in [5.41, 5.74) is 7.15. The van der Waals surface area contributed by atoms with Crippen LogP contribution < -0.4 is 5.73 Å². The Kier molecular flexibility index (Phi) is 4.56. The molecule has 1 fully saturated rings. The molecular weight excluding hydrogens is 240 g/mol. The molecule has 4 nitrogen and oxygen atoms in total. The molecule has 19 heavy (non-hydrogen) atoms. The fraction of sp³-hybridized carbons (Fsp3) is 0.533.